The molecule has 14 amide bonds. The number of fused-ring (bicyclic) bond motifs is 1. The van der Waals surface area contributed by atoms with Crippen LogP contribution in [0.1, 0.15) is 218 Å². The second-order valence-corrected chi connectivity index (χ2v) is 50.1. The molecule has 5 aromatic rings. The minimum atomic E-state index is -3.00. The van der Waals surface area contributed by atoms with Crippen LogP contribution < -0.4 is 74.3 Å². The molecule has 6 atom stereocenters. The second kappa shape index (κ2) is 79.8. The molecule has 44 heteroatoms. The number of methoxy groups -OCH3 is 1. The van der Waals surface area contributed by atoms with Crippen molar-refractivity contribution < 1.29 is 286 Å². The summed E-state index contributed by atoms with van der Waals surface area (Å²) < 4.78 is 67.1. The quantitative estimate of drug-likeness (QED) is 0.00987. The van der Waals surface area contributed by atoms with Crippen molar-refractivity contribution in [1.29, 1.82) is 0 Å². The van der Waals surface area contributed by atoms with E-state index in [-0.39, 0.29) is 273 Å². The Bertz CT molecular complexity index is 4750. The summed E-state index contributed by atoms with van der Waals surface area (Å²) in [5, 5.41) is 33.4. The fourth-order valence-electron chi connectivity index (χ4n) is 16.4. The standard InChI is InChI=1S/C22H29N2O3Si.C19H25FN3O3.C18H25N2O2.C17H30N3O3.C15H26F2N3O3.C13H26N3O3Si.6Y/c1-6-23-22(26)20(15-28(3,4)5)24-21(25)18-11-7-9-16(13-18)17-10-8-12-19(14-17)27-2;1-5-19(3,4)10-9-14(17(24)21-6-2)22-16-13-8-7-12(20)11-15(13)26-18(25)23-16;1-2-19-18(22)16(13-14-9-5-3-6-10-14)20-17(21)15-11-7-4-8-12-15;1-2-18-16(21)15(13-14-7-5-3-4-6-8-14)19-17(22)20-9-11-23-12-10-20;1-3-6-15(16,17)11-12(13(21)18-4-2)19-14(22)20-7-5-9-23-10-8-20;1-5-14-12(17)11(10-20(2,3)4)15-13(18)16-6-8-19-9-7-16;;;;;;/h6-14,20H,15H2,1-5H3,(H,23,26)(H,24,25);6-8,11,14H,5,9-10H2,1-4H3,(H,21,24)(H,22,23,25);2,4,7-8,11-12,14,16H,3,5-6,9-10,13H2,1H3,(H,19,22)(H,20,21);2,14-15H,3-13H2,1H3,(H,18,21)(H,19,22);4,12H,3,5-11H2,1-2H3,(H,18,21)(H,19,22);5,11H,6-10H2,1-4H3,(H,14,17)(H,15,18);;;;;;/q6*-1;;;;;;/t20-;14-;16-;15-;12-;11-;;;;;;/m000000....../s1. The van der Waals surface area contributed by atoms with Gasteiger partial charge in [0.2, 0.25) is 35.4 Å². The molecule has 5 aliphatic rings. The Kier molecular flexibility index (Phi) is 78.7. The Morgan fingerprint density at radius 2 is 0.838 bits per heavy atom. The van der Waals surface area contributed by atoms with Crippen molar-refractivity contribution >= 4 is 98.3 Å². The fourth-order valence-corrected chi connectivity index (χ4v) is 19.5. The van der Waals surface area contributed by atoms with Crippen molar-refractivity contribution in [3.05, 3.63) is 164 Å². The minimum absolute atomic E-state index is 0. The molecule has 6 radical (unpaired) electrons. The summed E-state index contributed by atoms with van der Waals surface area (Å²) in [6.45, 7) is 47.2. The Labute approximate surface area is 1030 Å². The molecule has 3 aliphatic heterocycles. The minimum Gasteiger partial charge on any atom is -0.504 e. The summed E-state index contributed by atoms with van der Waals surface area (Å²) in [6, 6.07) is 24.7. The van der Waals surface area contributed by atoms with Gasteiger partial charge in [-0.25, -0.2) is 71.6 Å². The molecule has 4 heterocycles. The van der Waals surface area contributed by atoms with Crippen molar-refractivity contribution in [2.45, 2.75) is 291 Å². The van der Waals surface area contributed by atoms with Crippen LogP contribution in [0.3, 0.4) is 0 Å². The molecule has 148 heavy (non-hydrogen) atoms. The van der Waals surface area contributed by atoms with Gasteiger partial charge in [0.25, 0.3) is 17.7 Å². The van der Waals surface area contributed by atoms with Crippen LogP contribution in [0.5, 0.6) is 5.75 Å². The number of ether oxygens (including phenoxy) is 4. The number of rotatable bonds is 39. The van der Waals surface area contributed by atoms with Crippen LogP contribution >= 0.6 is 0 Å². The van der Waals surface area contributed by atoms with Crippen molar-refractivity contribution in [2.24, 2.45) is 17.3 Å². The van der Waals surface area contributed by atoms with E-state index in [2.05, 4.69) is 129 Å². The summed E-state index contributed by atoms with van der Waals surface area (Å²) in [4.78, 5) is 156. The molecule has 1 aromatic heterocycles. The SMILES string of the molecule is C[CH-]NC(=O)[C@H](CC(F)(F)CCC)NC(=O)N1CCCOCC1.C[CH-]NC(=O)[C@H](CC1CCCCC1)NC(=O)c1ccccc1.C[CH-]NC(=O)[C@H](CC1CCCCCC1)NC(=O)N1CCOCC1.C[CH-]NC(=O)[C@H](CCC(C)(C)CC)Nc1nc(=O)oc2cc(F)ccc12.C[CH-]NC(=O)[C@H](C[Si](C)(C)C)NC(=O)N1CCOCC1.C[CH-]NC(=O)[C@H](C[Si](C)(C)C)NC(=O)c1cccc(-c2cccc(OC)c2)c1.[Y].[Y].[Y].[Y].[Y].[Y]. The maximum absolute atomic E-state index is 13.9. The van der Waals surface area contributed by atoms with Gasteiger partial charge in [0.1, 0.15) is 59.2 Å². The van der Waals surface area contributed by atoms with Crippen molar-refractivity contribution in [1.82, 2.24) is 78.2 Å². The van der Waals surface area contributed by atoms with Gasteiger partial charge in [-0.1, -0.05) is 193 Å². The molecule has 812 valence electrons. The van der Waals surface area contributed by atoms with Crippen molar-refractivity contribution in [3.8, 4) is 16.9 Å². The Balaban J connectivity index is 0. The molecule has 10 rings (SSSR count). The zero-order valence-electron chi connectivity index (χ0n) is 90.2. The molecule has 0 unspecified atom stereocenters. The molecule has 2 aliphatic carbocycles. The van der Waals surface area contributed by atoms with E-state index in [9.17, 15) is 70.7 Å². The topological polar surface area (TPSA) is 422 Å². The van der Waals surface area contributed by atoms with Crippen molar-refractivity contribution in [2.75, 3.05) is 91.3 Å². The normalized spacial score (nSPS) is 15.4. The summed E-state index contributed by atoms with van der Waals surface area (Å²) in [5.41, 5.74) is 3.16. The zero-order chi connectivity index (χ0) is 105. The van der Waals surface area contributed by atoms with E-state index in [4.69, 9.17) is 23.4 Å². The number of benzene rings is 4. The number of carbonyl (C=O) groups is 11. The first-order valence-corrected chi connectivity index (χ1v) is 57.6. The van der Waals surface area contributed by atoms with E-state index in [0.29, 0.717) is 133 Å². The Morgan fingerprint density at radius 1 is 0.453 bits per heavy atom. The van der Waals surface area contributed by atoms with Gasteiger partial charge in [0.15, 0.2) is 0 Å². The number of aromatic nitrogens is 1. The number of anilines is 1. The van der Waals surface area contributed by atoms with Crippen LogP contribution in [-0.4, -0.2) is 229 Å². The predicted octanol–water partition coefficient (Wildman–Crippen LogP) is 15.8. The number of amides is 14. The average molecular weight is 2550 g/mol. The van der Waals surface area contributed by atoms with Gasteiger partial charge in [0.05, 0.1) is 45.5 Å². The van der Waals surface area contributed by atoms with E-state index in [1.807, 2.05) is 60.7 Å². The number of urea groups is 3. The smallest absolute Gasteiger partial charge is 0.441 e. The maximum Gasteiger partial charge on any atom is 0.441 e. The van der Waals surface area contributed by atoms with E-state index in [1.165, 1.54) is 68.5 Å². The van der Waals surface area contributed by atoms with E-state index >= 15 is 0 Å². The van der Waals surface area contributed by atoms with Crippen LogP contribution in [0.15, 0.2) is 106 Å². The van der Waals surface area contributed by atoms with Gasteiger partial charge in [0, 0.05) is 288 Å². The molecule has 0 bridgehead atoms. The number of nitrogens with zero attached hydrogens (tertiary/aromatic N) is 4. The monoisotopic (exact) mass is 2550 g/mol. The van der Waals surface area contributed by atoms with Gasteiger partial charge >= 0.3 is 23.8 Å². The van der Waals surface area contributed by atoms with Gasteiger partial charge in [-0.2, -0.15) is 46.5 Å². The van der Waals surface area contributed by atoms with Gasteiger partial charge in [-0.15, -0.1) is 0 Å². The largest absolute Gasteiger partial charge is 0.504 e. The summed E-state index contributed by atoms with van der Waals surface area (Å²) >= 11 is 0. The fraction of sp³-hybridized carbons (Fsp3) is 0.587. The summed E-state index contributed by atoms with van der Waals surface area (Å²) in [5.74, 6) is -4.20. The van der Waals surface area contributed by atoms with Crippen LogP contribution in [0.2, 0.25) is 51.4 Å². The first-order valence-electron chi connectivity index (χ1n) is 50.2. The molecule has 3 saturated heterocycles. The third-order valence-electron chi connectivity index (χ3n) is 24.4. The zero-order valence-corrected chi connectivity index (χ0v) is 109. The Morgan fingerprint density at radius 3 is 1.29 bits per heavy atom. The van der Waals surface area contributed by atoms with Crippen LogP contribution in [-0.2, 0) is 239 Å². The molecule has 4 aromatic carbocycles. The number of morpholine rings is 2. The first-order chi connectivity index (χ1) is 67.6. The van der Waals surface area contributed by atoms with Gasteiger partial charge < -0.3 is 102 Å². The third-order valence-corrected chi connectivity index (χ3v) is 27.6. The molecular formula is C104H161F3N16O17Si2Y6-6. The number of hydrogen-bond acceptors (Lipinski definition) is 19. The predicted molar refractivity (Wildman–Crippen MR) is 554 cm³/mol. The summed E-state index contributed by atoms with van der Waals surface area (Å²) in [6.07, 6.45) is 17.2. The molecule has 2 saturated carbocycles. The van der Waals surface area contributed by atoms with Gasteiger partial charge in [-0.05, 0) is 121 Å². The number of alkyl halides is 2. The molecule has 33 nitrogen and oxygen atoms in total. The van der Waals surface area contributed by atoms with Crippen LogP contribution in [0.25, 0.3) is 22.1 Å². The molecule has 12 N–H and O–H groups in total. The Hall–Kier alpha value is -4.08. The molecule has 0 spiro atoms. The van der Waals surface area contributed by atoms with Crippen LogP contribution in [0.4, 0.5) is 33.4 Å². The van der Waals surface area contributed by atoms with Crippen molar-refractivity contribution in [3.63, 3.8) is 0 Å². The number of carbonyl (C=O) groups excluding carboxylic acids is 11. The first kappa shape index (κ1) is 146. The summed E-state index contributed by atoms with van der Waals surface area (Å²) in [7, 11) is -1.39. The number of nitrogens with one attached hydrogen (secondary N) is 12. The number of halogens is 3. The second-order valence-electron chi connectivity index (χ2n) is 39.1. The third kappa shape index (κ3) is 58.8. The molecular weight excluding hydrogens is 2390 g/mol. The van der Waals surface area contributed by atoms with E-state index in [1.54, 1.807) is 116 Å². The van der Waals surface area contributed by atoms with E-state index < -0.39 is 88.3 Å². The van der Waals surface area contributed by atoms with E-state index in [0.717, 1.165) is 80.4 Å². The number of hydrogen-bond donors (Lipinski definition) is 12. The van der Waals surface area contributed by atoms with Gasteiger partial charge in [-0.3, -0.25) is 38.4 Å². The maximum atomic E-state index is 13.9. The average Bonchev–Trinajstić information content (AvgIpc) is 0.863. The van der Waals surface area contributed by atoms with Crippen LogP contribution in [0, 0.1) is 62.3 Å². The molecule has 5 fully saturated rings.